The van der Waals surface area contributed by atoms with Crippen LogP contribution in [0.3, 0.4) is 0 Å². The highest BCUT2D eigenvalue weighted by Crippen LogP contribution is 2.28. The quantitative estimate of drug-likeness (QED) is 0.0817. The molecule has 6 rings (SSSR count). The van der Waals surface area contributed by atoms with Crippen LogP contribution in [0, 0.1) is 11.8 Å². The Morgan fingerprint density at radius 3 is 1.19 bits per heavy atom. The number of aliphatic hydroxyl groups is 2. The van der Waals surface area contributed by atoms with Crippen molar-refractivity contribution in [1.82, 2.24) is 19.8 Å². The molecule has 0 aliphatic carbocycles. The molecule has 0 unspecified atom stereocenters. The molecule has 0 bridgehead atoms. The normalized spacial score (nSPS) is 14.9. The third-order valence-electron chi connectivity index (χ3n) is 10.8. The predicted octanol–water partition coefficient (Wildman–Crippen LogP) is 5.20. The van der Waals surface area contributed by atoms with Gasteiger partial charge in [0.05, 0.1) is 24.2 Å². The largest absolute Gasteiger partial charge is 0.388 e. The fourth-order valence-electron chi connectivity index (χ4n) is 7.25. The van der Waals surface area contributed by atoms with Crippen LogP contribution in [0.15, 0.2) is 121 Å². The molecule has 4 aromatic carbocycles. The standard InChI is InChI=1S/C46H52N6O6/c1-27(2)39(47)45(57)51(43(55)35-25-31-19-11-13-21-33(31)49-35)37(23-29-15-7-5-8-16-29)41(53)42(54)38(24-30-17-9-6-10-18-30)52(46(58)40(48)28(3)4)44(56)36-26-32-20-12-14-22-34(32)50-36/h5-22,25-28,37-42,49-50,53-54H,23-24,47-48H2,1-4H3/t37-,38-,39-,40-,41+,42+/m0/s1. The third kappa shape index (κ3) is 8.95. The molecule has 2 aromatic heterocycles. The lowest BCUT2D eigenvalue weighted by Crippen LogP contribution is -2.64. The maximum atomic E-state index is 14.8. The topological polar surface area (TPSA) is 199 Å². The van der Waals surface area contributed by atoms with Gasteiger partial charge in [-0.2, -0.15) is 0 Å². The van der Waals surface area contributed by atoms with Crippen molar-refractivity contribution in [3.63, 3.8) is 0 Å². The van der Waals surface area contributed by atoms with Crippen molar-refractivity contribution in [3.05, 3.63) is 144 Å². The number of fused-ring (bicyclic) bond motifs is 2. The molecule has 0 saturated heterocycles. The van der Waals surface area contributed by atoms with Crippen LogP contribution in [-0.2, 0) is 22.4 Å². The van der Waals surface area contributed by atoms with Gasteiger partial charge in [-0.1, -0.05) is 125 Å². The summed E-state index contributed by atoms with van der Waals surface area (Å²) in [6.07, 6.45) is -4.05. The molecule has 0 fully saturated rings. The average molecular weight is 785 g/mol. The van der Waals surface area contributed by atoms with E-state index < -0.39 is 71.8 Å². The Balaban J connectivity index is 1.51. The van der Waals surface area contributed by atoms with Crippen molar-refractivity contribution in [3.8, 4) is 0 Å². The highest BCUT2D eigenvalue weighted by molar-refractivity contribution is 6.08. The molecule has 6 atom stereocenters. The Morgan fingerprint density at radius 1 is 0.534 bits per heavy atom. The van der Waals surface area contributed by atoms with Crippen LogP contribution in [0.4, 0.5) is 0 Å². The number of aromatic nitrogens is 2. The zero-order chi connectivity index (χ0) is 41.7. The van der Waals surface area contributed by atoms with Crippen molar-refractivity contribution in [2.75, 3.05) is 0 Å². The Bertz CT molecular complexity index is 2120. The van der Waals surface area contributed by atoms with E-state index in [0.29, 0.717) is 22.2 Å². The van der Waals surface area contributed by atoms with Crippen LogP contribution in [0.1, 0.15) is 59.8 Å². The van der Waals surface area contributed by atoms with E-state index in [2.05, 4.69) is 9.97 Å². The van der Waals surface area contributed by atoms with Gasteiger partial charge in [0.2, 0.25) is 11.8 Å². The number of benzene rings is 4. The molecular formula is C46H52N6O6. The number of carbonyl (C=O) groups is 4. The highest BCUT2D eigenvalue weighted by atomic mass is 16.3. The molecule has 12 nitrogen and oxygen atoms in total. The molecule has 0 aliphatic rings. The van der Waals surface area contributed by atoms with Crippen LogP contribution < -0.4 is 11.5 Å². The number of rotatable bonds is 15. The lowest BCUT2D eigenvalue weighted by atomic mass is 9.88. The summed E-state index contributed by atoms with van der Waals surface area (Å²) in [6, 6.07) is 30.4. The number of amides is 4. The van der Waals surface area contributed by atoms with Crippen LogP contribution in [0.25, 0.3) is 21.8 Å². The van der Waals surface area contributed by atoms with Gasteiger partial charge in [-0.25, -0.2) is 0 Å². The van der Waals surface area contributed by atoms with E-state index in [1.54, 1.807) is 100 Å². The third-order valence-corrected chi connectivity index (χ3v) is 10.8. The van der Waals surface area contributed by atoms with Crippen molar-refractivity contribution in [1.29, 1.82) is 0 Å². The van der Waals surface area contributed by atoms with Gasteiger partial charge in [0.25, 0.3) is 11.8 Å². The number of para-hydroxylation sites is 2. The fourth-order valence-corrected chi connectivity index (χ4v) is 7.25. The van der Waals surface area contributed by atoms with Crippen LogP contribution in [0.2, 0.25) is 0 Å². The lowest BCUT2D eigenvalue weighted by molar-refractivity contribution is -0.143. The first-order chi connectivity index (χ1) is 27.8. The molecule has 0 spiro atoms. The first-order valence-electron chi connectivity index (χ1n) is 19.6. The summed E-state index contributed by atoms with van der Waals surface area (Å²) in [5, 5.41) is 26.8. The van der Waals surface area contributed by atoms with Crippen LogP contribution in [0.5, 0.6) is 0 Å². The Morgan fingerprint density at radius 2 is 0.862 bits per heavy atom. The summed E-state index contributed by atoms with van der Waals surface area (Å²) in [7, 11) is 0. The van der Waals surface area contributed by atoms with Gasteiger partial charge in [-0.3, -0.25) is 29.0 Å². The molecule has 0 aliphatic heterocycles. The van der Waals surface area contributed by atoms with Crippen molar-refractivity contribution in [2.45, 2.75) is 76.9 Å². The number of hydrogen-bond acceptors (Lipinski definition) is 8. The Labute approximate surface area is 337 Å². The summed E-state index contributed by atoms with van der Waals surface area (Å²) >= 11 is 0. The summed E-state index contributed by atoms with van der Waals surface area (Å²) in [5.41, 5.74) is 15.7. The van der Waals surface area contributed by atoms with Gasteiger partial charge in [0.15, 0.2) is 0 Å². The summed E-state index contributed by atoms with van der Waals surface area (Å²) in [4.78, 5) is 66.7. The summed E-state index contributed by atoms with van der Waals surface area (Å²) in [5.74, 6) is -3.89. The SMILES string of the molecule is CC(C)[C@H](N)C(=O)N(C(=O)c1cc2ccccc2[nH]1)[C@@H](Cc1ccccc1)[C@@H](O)[C@H](O)[C@H](Cc1ccccc1)N(C(=O)c1cc2ccccc2[nH]1)C(=O)[C@@H](N)C(C)C. The smallest absolute Gasteiger partial charge is 0.277 e. The maximum Gasteiger partial charge on any atom is 0.277 e. The van der Waals surface area contributed by atoms with E-state index in [4.69, 9.17) is 11.5 Å². The average Bonchev–Trinajstić information content (AvgIpc) is 3.88. The number of hydrogen-bond donors (Lipinski definition) is 6. The number of imide groups is 2. The number of aromatic amines is 2. The molecule has 302 valence electrons. The zero-order valence-corrected chi connectivity index (χ0v) is 33.2. The molecule has 0 radical (unpaired) electrons. The van der Waals surface area contributed by atoms with Crippen molar-refractivity contribution in [2.24, 2.45) is 23.3 Å². The summed E-state index contributed by atoms with van der Waals surface area (Å²) < 4.78 is 0. The number of carbonyl (C=O) groups excluding carboxylic acids is 4. The van der Waals surface area contributed by atoms with Gasteiger partial charge >= 0.3 is 0 Å². The molecule has 8 N–H and O–H groups in total. The van der Waals surface area contributed by atoms with E-state index in [0.717, 1.165) is 20.6 Å². The number of nitrogens with one attached hydrogen (secondary N) is 2. The minimum atomic E-state index is -1.92. The number of nitrogens with two attached hydrogens (primary N) is 2. The second-order valence-electron chi connectivity index (χ2n) is 15.6. The second-order valence-corrected chi connectivity index (χ2v) is 15.6. The molecule has 2 heterocycles. The molecular weight excluding hydrogens is 733 g/mol. The number of aliphatic hydroxyl groups excluding tert-OH is 2. The monoisotopic (exact) mass is 784 g/mol. The first-order valence-corrected chi connectivity index (χ1v) is 19.6. The van der Waals surface area contributed by atoms with E-state index in [-0.39, 0.29) is 24.2 Å². The highest BCUT2D eigenvalue weighted by Gasteiger charge is 2.46. The van der Waals surface area contributed by atoms with Gasteiger partial charge in [0, 0.05) is 21.8 Å². The minimum Gasteiger partial charge on any atom is -0.388 e. The molecule has 0 saturated carbocycles. The second kappa shape index (κ2) is 18.1. The number of nitrogens with zero attached hydrogens (tertiary/aromatic N) is 2. The molecule has 12 heteroatoms. The van der Waals surface area contributed by atoms with Gasteiger partial charge in [-0.15, -0.1) is 0 Å². The predicted molar refractivity (Wildman–Crippen MR) is 224 cm³/mol. The van der Waals surface area contributed by atoms with E-state index >= 15 is 0 Å². The van der Waals surface area contributed by atoms with Gasteiger partial charge < -0.3 is 31.6 Å². The first kappa shape index (κ1) is 41.7. The van der Waals surface area contributed by atoms with E-state index in [1.165, 1.54) is 0 Å². The molecule has 6 aromatic rings. The van der Waals surface area contributed by atoms with E-state index in [1.807, 2.05) is 48.5 Å². The molecule has 4 amide bonds. The fraction of sp³-hybridized carbons (Fsp3) is 0.304. The maximum absolute atomic E-state index is 14.8. The van der Waals surface area contributed by atoms with Crippen molar-refractivity contribution < 1.29 is 29.4 Å². The zero-order valence-electron chi connectivity index (χ0n) is 33.2. The van der Waals surface area contributed by atoms with E-state index in [9.17, 15) is 29.4 Å². The lowest BCUT2D eigenvalue weighted by Gasteiger charge is -2.41. The van der Waals surface area contributed by atoms with Crippen LogP contribution in [-0.4, -0.2) is 90.0 Å². The van der Waals surface area contributed by atoms with Crippen molar-refractivity contribution >= 4 is 45.4 Å². The van der Waals surface area contributed by atoms with Gasteiger partial charge in [-0.05, 0) is 60.1 Å². The molecule has 58 heavy (non-hydrogen) atoms. The Kier molecular flexibility index (Phi) is 13.0. The van der Waals surface area contributed by atoms with Crippen LogP contribution >= 0.6 is 0 Å². The number of H-pyrrole nitrogens is 2. The Hall–Kier alpha value is -5.92. The van der Waals surface area contributed by atoms with Gasteiger partial charge in [0.1, 0.15) is 23.6 Å². The minimum absolute atomic E-state index is 0.0693. The summed E-state index contributed by atoms with van der Waals surface area (Å²) in [6.45, 7) is 6.99.